The van der Waals surface area contributed by atoms with Gasteiger partial charge in [0.15, 0.2) is 29.9 Å². The van der Waals surface area contributed by atoms with Gasteiger partial charge in [0.25, 0.3) is 0 Å². The van der Waals surface area contributed by atoms with Crippen LogP contribution in [0.15, 0.2) is 83.4 Å². The Morgan fingerprint density at radius 2 is 1.47 bits per heavy atom. The third kappa shape index (κ3) is 8.76. The second-order valence-corrected chi connectivity index (χ2v) is 20.0. The third-order valence-electron chi connectivity index (χ3n) is 11.3. The van der Waals surface area contributed by atoms with E-state index in [1.807, 2.05) is 45.9 Å². The molecular weight excluding hydrogens is 883 g/mol. The number of amides is 4. The van der Waals surface area contributed by atoms with Gasteiger partial charge < -0.3 is 15.4 Å². The summed E-state index contributed by atoms with van der Waals surface area (Å²) in [6.07, 6.45) is 8.79. The van der Waals surface area contributed by atoms with Crippen LogP contribution in [0.2, 0.25) is 5.02 Å². The Morgan fingerprint density at radius 1 is 0.812 bits per heavy atom. The number of rotatable bonds is 12. The van der Waals surface area contributed by atoms with Gasteiger partial charge in [0.05, 0.1) is 23.5 Å². The van der Waals surface area contributed by atoms with Crippen LogP contribution in [0.3, 0.4) is 0 Å². The van der Waals surface area contributed by atoms with Gasteiger partial charge in [-0.2, -0.15) is 10.2 Å². The maximum atomic E-state index is 15.8. The van der Waals surface area contributed by atoms with Gasteiger partial charge in [0.1, 0.15) is 5.82 Å². The first-order valence-corrected chi connectivity index (χ1v) is 23.9. The zero-order valence-corrected chi connectivity index (χ0v) is 37.9. The van der Waals surface area contributed by atoms with Crippen molar-refractivity contribution in [2.45, 2.75) is 87.9 Å². The molecule has 2 unspecified atom stereocenters. The number of nitrogens with one attached hydrogen (secondary N) is 6. The molecule has 0 bridgehead atoms. The van der Waals surface area contributed by atoms with Crippen LogP contribution in [0, 0.1) is 15.4 Å². The number of carbonyl (C=O) groups excluding carboxylic acids is 2. The monoisotopic (exact) mass is 928 g/mol. The Morgan fingerprint density at radius 3 is 2.14 bits per heavy atom. The van der Waals surface area contributed by atoms with Crippen LogP contribution in [-0.4, -0.2) is 57.1 Å². The van der Waals surface area contributed by atoms with E-state index in [2.05, 4.69) is 35.3 Å². The van der Waals surface area contributed by atoms with Gasteiger partial charge in [0.2, 0.25) is 5.88 Å². The number of aromatic nitrogens is 6. The van der Waals surface area contributed by atoms with Crippen LogP contribution in [0.4, 0.5) is 25.4 Å². The van der Waals surface area contributed by atoms with E-state index in [-0.39, 0.29) is 33.1 Å². The molecule has 2 aliphatic carbocycles. The van der Waals surface area contributed by atoms with Crippen LogP contribution in [0.5, 0.6) is 5.88 Å². The summed E-state index contributed by atoms with van der Waals surface area (Å²) in [5, 5.41) is 13.7. The maximum Gasteiger partial charge on any atom is 0.332 e. The molecular formula is C43H46ClFN12O5S2. The summed E-state index contributed by atoms with van der Waals surface area (Å²) >= 11 is 6.30. The highest BCUT2D eigenvalue weighted by molar-refractivity contribution is 7.91. The second kappa shape index (κ2) is 17.3. The van der Waals surface area contributed by atoms with E-state index in [0.29, 0.717) is 88.4 Å². The summed E-state index contributed by atoms with van der Waals surface area (Å²) in [4.78, 5) is 36.3. The number of ether oxygens (including phenoxy) is 1. The summed E-state index contributed by atoms with van der Waals surface area (Å²) in [6.45, 7) is 7.46. The average molecular weight is 930 g/mol. The Bertz CT molecular complexity index is 3060. The largest absolute Gasteiger partial charge is 0.481 e. The molecule has 0 spiro atoms. The Balaban J connectivity index is 1.10. The molecule has 2 aliphatic rings. The molecule has 3 atom stereocenters. The highest BCUT2D eigenvalue weighted by atomic mass is 35.5. The number of carbonyl (C=O) groups is 2. The molecule has 64 heavy (non-hydrogen) atoms. The minimum Gasteiger partial charge on any atom is -0.481 e. The van der Waals surface area contributed by atoms with E-state index in [9.17, 15) is 18.0 Å². The van der Waals surface area contributed by atoms with Crippen molar-refractivity contribution in [2.24, 2.45) is 0 Å². The van der Waals surface area contributed by atoms with Crippen molar-refractivity contribution in [2.75, 3.05) is 17.7 Å². The standard InChI is InChI=1S/C43H46ClFN12O5S2/c1-23(2)56-16-13-38(52-56)63(46,60)54-42(58)50-39-29(27-12-15-49-37(20-27)62-5)10-9-25-17-28(18-32(25)39)36-19-26(11-14-48-36)33-21-35(45)30-7-6-8-31(30)40(33)51-43(59)55-64(47,61)41-34(44)22-57(53-41)24(3)4/h9-16,19-24,28H,6-8,17-18H2,1-5H3,(H3,46,50,54,58,60)(H3,47,51,55,59,61)/t28?,63-,64?/m0/s1. The summed E-state index contributed by atoms with van der Waals surface area (Å²) < 4.78 is 72.9. The number of hydrogen-bond donors (Lipinski definition) is 6. The molecule has 21 heteroatoms. The number of nitrogens with zero attached hydrogens (tertiary/aromatic N) is 6. The number of halogens is 2. The lowest BCUT2D eigenvalue weighted by atomic mass is 9.94. The lowest BCUT2D eigenvalue weighted by molar-refractivity contribution is 0.256. The summed E-state index contributed by atoms with van der Waals surface area (Å²) in [6, 6.07) is 11.7. The van der Waals surface area contributed by atoms with Crippen LogP contribution in [-0.2, 0) is 45.5 Å². The fourth-order valence-corrected chi connectivity index (χ4v) is 10.4. The minimum atomic E-state index is -4.00. The average Bonchev–Trinajstić information content (AvgIpc) is 4.08. The van der Waals surface area contributed by atoms with Crippen molar-refractivity contribution in [1.29, 1.82) is 9.56 Å². The molecule has 17 nitrogen and oxygen atoms in total. The van der Waals surface area contributed by atoms with E-state index < -0.39 is 37.7 Å². The fraction of sp³-hybridized carbons (Fsp3) is 0.302. The van der Waals surface area contributed by atoms with Crippen LogP contribution in [0.1, 0.15) is 80.1 Å². The summed E-state index contributed by atoms with van der Waals surface area (Å²) in [5.74, 6) is -0.286. The molecule has 0 saturated heterocycles. The number of fused-ring (bicyclic) bond motifs is 2. The van der Waals surface area contributed by atoms with Gasteiger partial charge in [-0.15, -0.1) is 0 Å². The first-order valence-electron chi connectivity index (χ1n) is 20.4. The van der Waals surface area contributed by atoms with E-state index >= 15 is 4.39 Å². The normalized spacial score (nSPS) is 16.2. The van der Waals surface area contributed by atoms with E-state index in [1.165, 1.54) is 30.1 Å². The molecule has 0 saturated carbocycles. The molecule has 4 heterocycles. The smallest absolute Gasteiger partial charge is 0.332 e. The number of urea groups is 2. The number of methoxy groups -OCH3 is 1. The second-order valence-electron chi connectivity index (χ2n) is 16.2. The van der Waals surface area contributed by atoms with Crippen molar-refractivity contribution in [3.05, 3.63) is 112 Å². The Kier molecular flexibility index (Phi) is 12.0. The molecule has 4 aromatic heterocycles. The number of hydrogen-bond acceptors (Lipinski definition) is 11. The van der Waals surface area contributed by atoms with Crippen LogP contribution in [0.25, 0.3) is 22.3 Å². The fourth-order valence-electron chi connectivity index (χ4n) is 8.14. The molecule has 334 valence electrons. The van der Waals surface area contributed by atoms with Crippen molar-refractivity contribution in [3.8, 4) is 28.1 Å². The quantitative estimate of drug-likeness (QED) is 0.0687. The molecule has 6 aromatic rings. The van der Waals surface area contributed by atoms with Gasteiger partial charge >= 0.3 is 12.1 Å². The number of pyridine rings is 2. The van der Waals surface area contributed by atoms with Crippen molar-refractivity contribution >= 4 is 54.9 Å². The van der Waals surface area contributed by atoms with Gasteiger partial charge in [-0.1, -0.05) is 23.7 Å². The molecule has 0 fully saturated rings. The minimum absolute atomic E-state index is 0.0280. The first-order chi connectivity index (χ1) is 30.4. The van der Waals surface area contributed by atoms with E-state index in [1.54, 1.807) is 41.5 Å². The summed E-state index contributed by atoms with van der Waals surface area (Å²) in [7, 11) is -6.35. The van der Waals surface area contributed by atoms with Crippen molar-refractivity contribution < 1.29 is 27.1 Å². The van der Waals surface area contributed by atoms with Crippen LogP contribution >= 0.6 is 11.6 Å². The van der Waals surface area contributed by atoms with Gasteiger partial charge in [-0.05, 0) is 124 Å². The van der Waals surface area contributed by atoms with Gasteiger partial charge in [-0.25, -0.2) is 46.4 Å². The van der Waals surface area contributed by atoms with Gasteiger partial charge in [0, 0.05) is 65.7 Å². The van der Waals surface area contributed by atoms with Crippen molar-refractivity contribution in [1.82, 2.24) is 39.0 Å². The van der Waals surface area contributed by atoms with Crippen molar-refractivity contribution in [3.63, 3.8) is 0 Å². The topological polar surface area (TPSA) is 235 Å². The molecule has 6 N–H and O–H groups in total. The third-order valence-corrected chi connectivity index (χ3v) is 14.2. The first kappa shape index (κ1) is 44.2. The van der Waals surface area contributed by atoms with E-state index in [4.69, 9.17) is 30.9 Å². The molecule has 0 aliphatic heterocycles. The Hall–Kier alpha value is -6.38. The Labute approximate surface area is 374 Å². The zero-order chi connectivity index (χ0) is 45.7. The number of anilines is 2. The predicted molar refractivity (Wildman–Crippen MR) is 241 cm³/mol. The lowest BCUT2D eigenvalue weighted by Crippen LogP contribution is -2.34. The van der Waals surface area contributed by atoms with Gasteiger partial charge in [-0.3, -0.25) is 14.3 Å². The predicted octanol–water partition coefficient (Wildman–Crippen LogP) is 8.82. The summed E-state index contributed by atoms with van der Waals surface area (Å²) in [5.41, 5.74) is 6.46. The SMILES string of the molecule is COc1cc(-c2ccc3c(c2NC(=O)N[S@](=N)(=O)c2ccn(C(C)C)n2)CC(c2cc(-c4cc(F)c5c(c4NC(=O)NS(=N)(=O)c4nn(C(C)C)cc4Cl)CCC5)ccn2)C3)ccn1. The molecule has 0 radical (unpaired) electrons. The number of benzene rings is 2. The molecule has 4 amide bonds. The van der Waals surface area contributed by atoms with Crippen LogP contribution < -0.4 is 24.8 Å². The highest BCUT2D eigenvalue weighted by Gasteiger charge is 2.31. The lowest BCUT2D eigenvalue weighted by Gasteiger charge is -2.19. The molecule has 8 rings (SSSR count). The highest BCUT2D eigenvalue weighted by Crippen LogP contribution is 2.44. The maximum absolute atomic E-state index is 15.8. The van der Waals surface area contributed by atoms with E-state index in [0.717, 1.165) is 11.1 Å². The molecule has 2 aromatic carbocycles. The zero-order valence-electron chi connectivity index (χ0n) is 35.5.